The summed E-state index contributed by atoms with van der Waals surface area (Å²) in [7, 11) is 2.00. The van der Waals surface area contributed by atoms with Gasteiger partial charge in [-0.2, -0.15) is 0 Å². The lowest BCUT2D eigenvalue weighted by molar-refractivity contribution is -0.141. The van der Waals surface area contributed by atoms with Gasteiger partial charge in [0, 0.05) is 19.1 Å². The Labute approximate surface area is 102 Å². The van der Waals surface area contributed by atoms with Crippen molar-refractivity contribution in [2.75, 3.05) is 26.7 Å². The Morgan fingerprint density at radius 3 is 2.59 bits per heavy atom. The summed E-state index contributed by atoms with van der Waals surface area (Å²) in [5.74, 6) is -0.714. The normalized spacial score (nSPS) is 22.4. The highest BCUT2D eigenvalue weighted by molar-refractivity contribution is 5.80. The minimum absolute atomic E-state index is 0.0160. The highest BCUT2D eigenvalue weighted by atomic mass is 16.4. The summed E-state index contributed by atoms with van der Waals surface area (Å²) in [5, 5.41) is 8.77. The molecule has 0 spiro atoms. The summed E-state index contributed by atoms with van der Waals surface area (Å²) in [5.41, 5.74) is 0. The lowest BCUT2D eigenvalue weighted by Crippen LogP contribution is -2.43. The van der Waals surface area contributed by atoms with Crippen molar-refractivity contribution in [3.8, 4) is 0 Å². The number of nitrogens with zero attached hydrogens (tertiary/aromatic N) is 2. The van der Waals surface area contributed by atoms with E-state index in [0.717, 1.165) is 19.5 Å². The molecule has 1 fully saturated rings. The van der Waals surface area contributed by atoms with Crippen LogP contribution in [0.5, 0.6) is 0 Å². The van der Waals surface area contributed by atoms with Gasteiger partial charge < -0.3 is 14.9 Å². The SMILES string of the molecule is CCN(C(=O)C1CCN(C)C1)C(C)CC(=O)O. The molecular formula is C12H22N2O3. The van der Waals surface area contributed by atoms with E-state index in [1.165, 1.54) is 0 Å². The van der Waals surface area contributed by atoms with Gasteiger partial charge in [0.15, 0.2) is 0 Å². The number of rotatable bonds is 5. The number of hydrogen-bond acceptors (Lipinski definition) is 3. The largest absolute Gasteiger partial charge is 0.481 e. The fourth-order valence-corrected chi connectivity index (χ4v) is 2.42. The molecule has 0 saturated carbocycles. The number of carbonyl (C=O) groups excluding carboxylic acids is 1. The van der Waals surface area contributed by atoms with Gasteiger partial charge in [0.25, 0.3) is 0 Å². The van der Waals surface area contributed by atoms with Gasteiger partial charge in [-0.3, -0.25) is 9.59 Å². The zero-order chi connectivity index (χ0) is 13.0. The molecule has 2 unspecified atom stereocenters. The number of amides is 1. The van der Waals surface area contributed by atoms with E-state index in [2.05, 4.69) is 4.90 Å². The molecule has 98 valence electrons. The lowest BCUT2D eigenvalue weighted by Gasteiger charge is -2.29. The van der Waals surface area contributed by atoms with Gasteiger partial charge in [-0.15, -0.1) is 0 Å². The van der Waals surface area contributed by atoms with E-state index in [9.17, 15) is 9.59 Å². The van der Waals surface area contributed by atoms with Crippen molar-refractivity contribution in [1.82, 2.24) is 9.80 Å². The standard InChI is InChI=1S/C12H22N2O3/c1-4-14(9(2)7-11(15)16)12(17)10-5-6-13(3)8-10/h9-10H,4-8H2,1-3H3,(H,15,16). The average molecular weight is 242 g/mol. The Morgan fingerprint density at radius 1 is 1.53 bits per heavy atom. The van der Waals surface area contributed by atoms with Crippen LogP contribution in [0.25, 0.3) is 0 Å². The Kier molecular flexibility index (Phi) is 4.93. The number of carbonyl (C=O) groups is 2. The third kappa shape index (κ3) is 3.70. The molecule has 0 aromatic carbocycles. The van der Waals surface area contributed by atoms with Crippen LogP contribution in [0.2, 0.25) is 0 Å². The van der Waals surface area contributed by atoms with E-state index in [4.69, 9.17) is 5.11 Å². The molecule has 5 nitrogen and oxygen atoms in total. The van der Waals surface area contributed by atoms with Crippen LogP contribution in [0.3, 0.4) is 0 Å². The van der Waals surface area contributed by atoms with Crippen LogP contribution < -0.4 is 0 Å². The van der Waals surface area contributed by atoms with Gasteiger partial charge in [0.1, 0.15) is 0 Å². The molecule has 1 aliphatic heterocycles. The van der Waals surface area contributed by atoms with Crippen molar-refractivity contribution in [3.63, 3.8) is 0 Å². The molecule has 0 bridgehead atoms. The molecule has 1 N–H and O–H groups in total. The van der Waals surface area contributed by atoms with Crippen LogP contribution in [0.1, 0.15) is 26.7 Å². The number of carboxylic acid groups (broad SMARTS) is 1. The van der Waals surface area contributed by atoms with Crippen LogP contribution >= 0.6 is 0 Å². The van der Waals surface area contributed by atoms with E-state index in [1.54, 1.807) is 11.8 Å². The van der Waals surface area contributed by atoms with Crippen molar-refractivity contribution >= 4 is 11.9 Å². The first-order chi connectivity index (χ1) is 7.95. The second-order valence-corrected chi connectivity index (χ2v) is 4.82. The lowest BCUT2D eigenvalue weighted by atomic mass is 10.1. The summed E-state index contributed by atoms with van der Waals surface area (Å²) in [4.78, 5) is 26.8. The monoisotopic (exact) mass is 242 g/mol. The molecule has 1 amide bonds. The Bertz CT molecular complexity index is 293. The molecule has 2 atom stereocenters. The van der Waals surface area contributed by atoms with Gasteiger partial charge in [0.2, 0.25) is 5.91 Å². The Balaban J connectivity index is 2.60. The van der Waals surface area contributed by atoms with Crippen molar-refractivity contribution in [2.24, 2.45) is 5.92 Å². The molecule has 0 radical (unpaired) electrons. The summed E-state index contributed by atoms with van der Waals surface area (Å²) >= 11 is 0. The third-order valence-electron chi connectivity index (χ3n) is 3.37. The number of likely N-dealkylation sites (tertiary alicyclic amines) is 1. The summed E-state index contributed by atoms with van der Waals surface area (Å²) in [6.07, 6.45) is 0.897. The van der Waals surface area contributed by atoms with E-state index in [1.807, 2.05) is 14.0 Å². The average Bonchev–Trinajstić information content (AvgIpc) is 2.64. The van der Waals surface area contributed by atoms with E-state index < -0.39 is 5.97 Å². The van der Waals surface area contributed by atoms with E-state index in [0.29, 0.717) is 6.54 Å². The molecule has 1 rings (SSSR count). The van der Waals surface area contributed by atoms with Crippen LogP contribution in [-0.4, -0.2) is 59.5 Å². The molecule has 1 aliphatic rings. The Hall–Kier alpha value is -1.10. The number of carboxylic acids is 1. The molecule has 0 aliphatic carbocycles. The molecule has 0 aromatic rings. The first-order valence-electron chi connectivity index (χ1n) is 6.16. The van der Waals surface area contributed by atoms with Crippen LogP contribution in [0.4, 0.5) is 0 Å². The van der Waals surface area contributed by atoms with E-state index in [-0.39, 0.29) is 24.3 Å². The van der Waals surface area contributed by atoms with Crippen LogP contribution in [0.15, 0.2) is 0 Å². The molecule has 1 saturated heterocycles. The molecule has 0 aromatic heterocycles. The van der Waals surface area contributed by atoms with Gasteiger partial charge in [-0.05, 0) is 33.9 Å². The van der Waals surface area contributed by atoms with Crippen molar-refractivity contribution in [2.45, 2.75) is 32.7 Å². The maximum absolute atomic E-state index is 12.3. The smallest absolute Gasteiger partial charge is 0.305 e. The summed E-state index contributed by atoms with van der Waals surface area (Å²) in [6, 6.07) is -0.226. The zero-order valence-corrected chi connectivity index (χ0v) is 10.8. The van der Waals surface area contributed by atoms with Crippen molar-refractivity contribution < 1.29 is 14.7 Å². The van der Waals surface area contributed by atoms with E-state index >= 15 is 0 Å². The molecule has 1 heterocycles. The molecule has 17 heavy (non-hydrogen) atoms. The maximum Gasteiger partial charge on any atom is 0.305 e. The highest BCUT2D eigenvalue weighted by Gasteiger charge is 2.31. The first-order valence-corrected chi connectivity index (χ1v) is 6.16. The maximum atomic E-state index is 12.3. The predicted molar refractivity (Wildman–Crippen MR) is 64.7 cm³/mol. The summed E-state index contributed by atoms with van der Waals surface area (Å²) in [6.45, 7) is 6.01. The van der Waals surface area contributed by atoms with Gasteiger partial charge >= 0.3 is 5.97 Å². The van der Waals surface area contributed by atoms with Crippen molar-refractivity contribution in [3.05, 3.63) is 0 Å². The second-order valence-electron chi connectivity index (χ2n) is 4.82. The number of hydrogen-bond donors (Lipinski definition) is 1. The van der Waals surface area contributed by atoms with Gasteiger partial charge in [-0.25, -0.2) is 0 Å². The fraction of sp³-hybridized carbons (Fsp3) is 0.833. The fourth-order valence-electron chi connectivity index (χ4n) is 2.42. The molecular weight excluding hydrogens is 220 g/mol. The number of aliphatic carboxylic acids is 1. The third-order valence-corrected chi connectivity index (χ3v) is 3.37. The topological polar surface area (TPSA) is 60.9 Å². The van der Waals surface area contributed by atoms with Crippen LogP contribution in [0, 0.1) is 5.92 Å². The molecule has 5 heteroatoms. The highest BCUT2D eigenvalue weighted by Crippen LogP contribution is 2.19. The Morgan fingerprint density at radius 2 is 2.18 bits per heavy atom. The second kappa shape index (κ2) is 6.00. The quantitative estimate of drug-likeness (QED) is 0.769. The van der Waals surface area contributed by atoms with Crippen molar-refractivity contribution in [1.29, 1.82) is 0 Å². The minimum atomic E-state index is -0.854. The van der Waals surface area contributed by atoms with Gasteiger partial charge in [0.05, 0.1) is 12.3 Å². The summed E-state index contributed by atoms with van der Waals surface area (Å²) < 4.78 is 0. The predicted octanol–water partition coefficient (Wildman–Crippen LogP) is 0.650. The van der Waals surface area contributed by atoms with Crippen LogP contribution in [-0.2, 0) is 9.59 Å². The zero-order valence-electron chi connectivity index (χ0n) is 10.8. The van der Waals surface area contributed by atoms with Gasteiger partial charge in [-0.1, -0.05) is 0 Å². The minimum Gasteiger partial charge on any atom is -0.481 e. The first kappa shape index (κ1) is 14.0.